The number of rotatable bonds is 3. The highest BCUT2D eigenvalue weighted by atomic mass is 16.2. The smallest absolute Gasteiger partial charge is 0.270 e. The van der Waals surface area contributed by atoms with Gasteiger partial charge in [0.25, 0.3) is 5.91 Å². The average molecular weight is 322 g/mol. The molecule has 0 saturated carbocycles. The zero-order valence-corrected chi connectivity index (χ0v) is 14.1. The summed E-state index contributed by atoms with van der Waals surface area (Å²) in [5.41, 5.74) is 3.86. The second kappa shape index (κ2) is 5.82. The summed E-state index contributed by atoms with van der Waals surface area (Å²) >= 11 is 0. The zero-order valence-electron chi connectivity index (χ0n) is 14.1. The number of aryl methyl sites for hydroxylation is 2. The van der Waals surface area contributed by atoms with Crippen LogP contribution in [0.25, 0.3) is 10.9 Å². The number of carbonyl (C=O) groups is 1. The Morgan fingerprint density at radius 1 is 1.29 bits per heavy atom. The highest BCUT2D eigenvalue weighted by Gasteiger charge is 2.30. The quantitative estimate of drug-likeness (QED) is 0.804. The van der Waals surface area contributed by atoms with Crippen molar-refractivity contribution in [2.45, 2.75) is 39.3 Å². The number of para-hydroxylation sites is 1. The Bertz CT molecular complexity index is 859. The molecular formula is C19H22N4O. The number of hydrogen-bond acceptors (Lipinski definition) is 2. The van der Waals surface area contributed by atoms with Gasteiger partial charge < -0.3 is 9.88 Å². The average Bonchev–Trinajstić information content (AvgIpc) is 3.26. The number of nitrogens with one attached hydrogen (secondary N) is 1. The lowest BCUT2D eigenvalue weighted by atomic mass is 10.2. The van der Waals surface area contributed by atoms with Crippen LogP contribution >= 0.6 is 0 Å². The standard InChI is InChI=1S/C19H22N4O/c1-13-10-14(2)23(21-13)12-16-7-5-9-22(16)19(24)18-11-15-6-3-4-8-17(15)20-18/h3-4,6,8,10-11,16,20H,5,7,9,12H2,1-2H3. The molecule has 1 saturated heterocycles. The molecule has 1 N–H and O–H groups in total. The molecule has 3 aromatic rings. The lowest BCUT2D eigenvalue weighted by Crippen LogP contribution is -2.38. The molecule has 1 amide bonds. The van der Waals surface area contributed by atoms with E-state index >= 15 is 0 Å². The van der Waals surface area contributed by atoms with Crippen LogP contribution < -0.4 is 0 Å². The monoisotopic (exact) mass is 322 g/mol. The number of nitrogens with zero attached hydrogens (tertiary/aromatic N) is 3. The molecule has 0 spiro atoms. The number of H-pyrrole nitrogens is 1. The number of fused-ring (bicyclic) bond motifs is 1. The topological polar surface area (TPSA) is 53.9 Å². The zero-order chi connectivity index (χ0) is 16.7. The van der Waals surface area contributed by atoms with Gasteiger partial charge in [-0.1, -0.05) is 18.2 Å². The Hall–Kier alpha value is -2.56. The molecule has 3 heterocycles. The van der Waals surface area contributed by atoms with Gasteiger partial charge in [0, 0.05) is 23.1 Å². The summed E-state index contributed by atoms with van der Waals surface area (Å²) in [6.45, 7) is 5.66. The molecule has 1 aromatic carbocycles. The fraction of sp³-hybridized carbons (Fsp3) is 0.368. The predicted octanol–water partition coefficient (Wildman–Crippen LogP) is 3.29. The highest BCUT2D eigenvalue weighted by molar-refractivity contribution is 5.98. The maximum atomic E-state index is 13.0. The van der Waals surface area contributed by atoms with Gasteiger partial charge in [0.05, 0.1) is 18.3 Å². The SMILES string of the molecule is Cc1cc(C)n(CC2CCCN2C(=O)c2cc3ccccc3[nH]2)n1. The molecule has 1 aliphatic heterocycles. The van der Waals surface area contributed by atoms with E-state index in [-0.39, 0.29) is 11.9 Å². The van der Waals surface area contributed by atoms with Crippen molar-refractivity contribution in [3.05, 3.63) is 53.5 Å². The molecule has 5 heteroatoms. The molecule has 124 valence electrons. The van der Waals surface area contributed by atoms with E-state index in [0.717, 1.165) is 48.2 Å². The van der Waals surface area contributed by atoms with Gasteiger partial charge in [-0.15, -0.1) is 0 Å². The van der Waals surface area contributed by atoms with Crippen molar-refractivity contribution in [2.24, 2.45) is 0 Å². The van der Waals surface area contributed by atoms with E-state index < -0.39 is 0 Å². The van der Waals surface area contributed by atoms with Crippen molar-refractivity contribution in [2.75, 3.05) is 6.54 Å². The van der Waals surface area contributed by atoms with Gasteiger partial charge in [-0.05, 0) is 44.9 Å². The van der Waals surface area contributed by atoms with Crippen molar-refractivity contribution in [1.82, 2.24) is 19.7 Å². The first kappa shape index (κ1) is 15.0. The maximum absolute atomic E-state index is 13.0. The van der Waals surface area contributed by atoms with E-state index in [4.69, 9.17) is 0 Å². The normalized spacial score (nSPS) is 17.8. The molecular weight excluding hydrogens is 300 g/mol. The van der Waals surface area contributed by atoms with E-state index in [1.54, 1.807) is 0 Å². The Morgan fingerprint density at radius 2 is 2.12 bits per heavy atom. The molecule has 24 heavy (non-hydrogen) atoms. The first-order chi connectivity index (χ1) is 11.6. The van der Waals surface area contributed by atoms with Crippen LogP contribution in [0.5, 0.6) is 0 Å². The highest BCUT2D eigenvalue weighted by Crippen LogP contribution is 2.23. The summed E-state index contributed by atoms with van der Waals surface area (Å²) in [6.07, 6.45) is 2.08. The van der Waals surface area contributed by atoms with E-state index in [9.17, 15) is 4.79 Å². The number of amides is 1. The van der Waals surface area contributed by atoms with Crippen LogP contribution in [0.2, 0.25) is 0 Å². The van der Waals surface area contributed by atoms with Gasteiger partial charge >= 0.3 is 0 Å². The maximum Gasteiger partial charge on any atom is 0.270 e. The number of hydrogen-bond donors (Lipinski definition) is 1. The summed E-state index contributed by atoms with van der Waals surface area (Å²) < 4.78 is 2.02. The van der Waals surface area contributed by atoms with Crippen LogP contribution in [0.3, 0.4) is 0 Å². The van der Waals surface area contributed by atoms with Gasteiger partial charge in [-0.3, -0.25) is 9.48 Å². The van der Waals surface area contributed by atoms with Crippen LogP contribution in [0.4, 0.5) is 0 Å². The molecule has 0 radical (unpaired) electrons. The molecule has 5 nitrogen and oxygen atoms in total. The number of carbonyl (C=O) groups excluding carboxylic acids is 1. The lowest BCUT2D eigenvalue weighted by molar-refractivity contribution is 0.0716. The van der Waals surface area contributed by atoms with Crippen LogP contribution in [-0.2, 0) is 6.54 Å². The predicted molar refractivity (Wildman–Crippen MR) is 94.1 cm³/mol. The third-order valence-electron chi connectivity index (χ3n) is 4.89. The number of aromatic amines is 1. The third kappa shape index (κ3) is 2.60. The van der Waals surface area contributed by atoms with Crippen LogP contribution in [0.15, 0.2) is 36.4 Å². The molecule has 2 aromatic heterocycles. The minimum absolute atomic E-state index is 0.0928. The molecule has 1 atom stereocenters. The lowest BCUT2D eigenvalue weighted by Gasteiger charge is -2.24. The summed E-state index contributed by atoms with van der Waals surface area (Å²) in [7, 11) is 0. The Kier molecular flexibility index (Phi) is 3.63. The number of benzene rings is 1. The van der Waals surface area contributed by atoms with Gasteiger partial charge in [0.1, 0.15) is 5.69 Å². The van der Waals surface area contributed by atoms with E-state index in [2.05, 4.69) is 23.1 Å². The molecule has 1 aliphatic rings. The van der Waals surface area contributed by atoms with E-state index in [0.29, 0.717) is 5.69 Å². The van der Waals surface area contributed by atoms with Crippen LogP contribution in [0, 0.1) is 13.8 Å². The first-order valence-corrected chi connectivity index (χ1v) is 8.51. The number of likely N-dealkylation sites (tertiary alicyclic amines) is 1. The molecule has 4 rings (SSSR count). The van der Waals surface area contributed by atoms with Crippen molar-refractivity contribution in [3.63, 3.8) is 0 Å². The fourth-order valence-electron chi connectivity index (χ4n) is 3.70. The molecule has 1 unspecified atom stereocenters. The van der Waals surface area contributed by atoms with E-state index in [1.165, 1.54) is 0 Å². The Labute approximate surface area is 141 Å². The van der Waals surface area contributed by atoms with Gasteiger partial charge in [-0.25, -0.2) is 0 Å². The summed E-state index contributed by atoms with van der Waals surface area (Å²) in [5.74, 6) is 0.0928. The van der Waals surface area contributed by atoms with Gasteiger partial charge in [0.15, 0.2) is 0 Å². The van der Waals surface area contributed by atoms with Crippen molar-refractivity contribution >= 4 is 16.8 Å². The van der Waals surface area contributed by atoms with Gasteiger partial charge in [0.2, 0.25) is 0 Å². The van der Waals surface area contributed by atoms with Crippen molar-refractivity contribution < 1.29 is 4.79 Å². The van der Waals surface area contributed by atoms with Crippen molar-refractivity contribution in [3.8, 4) is 0 Å². The molecule has 0 bridgehead atoms. The Morgan fingerprint density at radius 3 is 2.88 bits per heavy atom. The summed E-state index contributed by atoms with van der Waals surface area (Å²) in [6, 6.07) is 12.3. The number of aromatic nitrogens is 3. The van der Waals surface area contributed by atoms with Crippen molar-refractivity contribution in [1.29, 1.82) is 0 Å². The molecule has 0 aliphatic carbocycles. The van der Waals surface area contributed by atoms with Gasteiger partial charge in [-0.2, -0.15) is 5.10 Å². The van der Waals surface area contributed by atoms with Crippen LogP contribution in [0.1, 0.15) is 34.7 Å². The molecule has 1 fully saturated rings. The minimum atomic E-state index is 0.0928. The minimum Gasteiger partial charge on any atom is -0.351 e. The first-order valence-electron chi connectivity index (χ1n) is 8.51. The van der Waals surface area contributed by atoms with Crippen LogP contribution in [-0.4, -0.2) is 38.2 Å². The third-order valence-corrected chi connectivity index (χ3v) is 4.89. The fourth-order valence-corrected chi connectivity index (χ4v) is 3.70. The summed E-state index contributed by atoms with van der Waals surface area (Å²) in [4.78, 5) is 18.2. The second-order valence-electron chi connectivity index (χ2n) is 6.67. The largest absolute Gasteiger partial charge is 0.351 e. The Balaban J connectivity index is 1.57. The second-order valence-corrected chi connectivity index (χ2v) is 6.67. The van der Waals surface area contributed by atoms with E-state index in [1.807, 2.05) is 46.8 Å². The summed E-state index contributed by atoms with van der Waals surface area (Å²) in [5, 5.41) is 5.62.